The van der Waals surface area contributed by atoms with Crippen molar-refractivity contribution in [1.29, 1.82) is 0 Å². The molecule has 2 atom stereocenters. The fraction of sp³-hybridized carbons (Fsp3) is 0.435. The number of Topliss-reactive ketones (excluding diaryl/α,β-unsaturated/α-hetero) is 1. The lowest BCUT2D eigenvalue weighted by Gasteiger charge is -2.42. The number of hydrogen-bond acceptors (Lipinski definition) is 5. The molecule has 9 heteroatoms. The normalized spacial score (nSPS) is 21.9. The zero-order valence-corrected chi connectivity index (χ0v) is 18.5. The van der Waals surface area contributed by atoms with Crippen LogP contribution in [0.3, 0.4) is 0 Å². The van der Waals surface area contributed by atoms with E-state index in [0.717, 1.165) is 0 Å². The first kappa shape index (κ1) is 22.5. The Morgan fingerprint density at radius 3 is 2.69 bits per heavy atom. The highest BCUT2D eigenvalue weighted by Crippen LogP contribution is 2.53. The maximum atomic E-state index is 14.1. The van der Waals surface area contributed by atoms with Crippen LogP contribution >= 0.6 is 11.6 Å². The molecule has 1 spiro atoms. The van der Waals surface area contributed by atoms with E-state index in [2.05, 4.69) is 0 Å². The summed E-state index contributed by atoms with van der Waals surface area (Å²) in [5.41, 5.74) is -1.70. The Bertz CT molecular complexity index is 1180. The monoisotopic (exact) mass is 462 g/mol. The van der Waals surface area contributed by atoms with Crippen molar-refractivity contribution in [2.75, 3.05) is 6.61 Å². The number of aromatic nitrogens is 1. The highest BCUT2D eigenvalue weighted by molar-refractivity contribution is 6.30. The number of nitrogens with zero attached hydrogens (tertiary/aromatic N) is 2. The molecule has 0 saturated heterocycles. The number of fused-ring (bicyclic) bond motifs is 1. The summed E-state index contributed by atoms with van der Waals surface area (Å²) in [6.07, 6.45) is 1.76. The number of aliphatic hydroxyl groups excluding tert-OH is 1. The van der Waals surface area contributed by atoms with E-state index in [1.165, 1.54) is 22.9 Å². The molecule has 0 bridgehead atoms. The molecule has 170 valence electrons. The maximum absolute atomic E-state index is 14.1. The average molecular weight is 463 g/mol. The van der Waals surface area contributed by atoms with E-state index in [0.29, 0.717) is 6.42 Å². The molecular weight excluding hydrogens is 439 g/mol. The smallest absolute Gasteiger partial charge is 0.275 e. The van der Waals surface area contributed by atoms with Crippen LogP contribution in [0.1, 0.15) is 53.1 Å². The number of rotatable bonds is 6. The number of aryl methyl sites for hydroxylation is 1. The number of aromatic hydroxyl groups is 1. The van der Waals surface area contributed by atoms with Crippen LogP contribution in [0.4, 0.5) is 4.39 Å². The van der Waals surface area contributed by atoms with Crippen molar-refractivity contribution in [3.8, 4) is 5.75 Å². The predicted molar refractivity (Wildman–Crippen MR) is 116 cm³/mol. The number of pyridine rings is 1. The van der Waals surface area contributed by atoms with Crippen LogP contribution in [-0.4, -0.2) is 49.6 Å². The molecular formula is C23H24ClFN2O5. The fourth-order valence-corrected chi connectivity index (χ4v) is 5.04. The summed E-state index contributed by atoms with van der Waals surface area (Å²) >= 11 is 5.78. The molecule has 1 aromatic carbocycles. The van der Waals surface area contributed by atoms with Crippen LogP contribution < -0.4 is 5.43 Å². The van der Waals surface area contributed by atoms with Crippen molar-refractivity contribution < 1.29 is 24.2 Å². The lowest BCUT2D eigenvalue weighted by molar-refractivity contribution is 0.0394. The number of ketones is 1. The van der Waals surface area contributed by atoms with Gasteiger partial charge in [0.2, 0.25) is 5.43 Å². The average Bonchev–Trinajstić information content (AvgIpc) is 3.43. The first-order valence-corrected chi connectivity index (χ1v) is 10.9. The Morgan fingerprint density at radius 1 is 1.34 bits per heavy atom. The first-order valence-electron chi connectivity index (χ1n) is 10.5. The van der Waals surface area contributed by atoms with Crippen LogP contribution in [-0.2, 0) is 13.0 Å². The van der Waals surface area contributed by atoms with Gasteiger partial charge in [0.25, 0.3) is 5.91 Å². The third-order valence-electron chi connectivity index (χ3n) is 6.49. The predicted octanol–water partition coefficient (Wildman–Crippen LogP) is 2.78. The van der Waals surface area contributed by atoms with Gasteiger partial charge in [-0.05, 0) is 38.3 Å². The van der Waals surface area contributed by atoms with Gasteiger partial charge in [0.1, 0.15) is 5.82 Å². The Labute approximate surface area is 189 Å². The molecule has 2 aliphatic rings. The van der Waals surface area contributed by atoms with Gasteiger partial charge in [-0.1, -0.05) is 23.7 Å². The number of amides is 1. The summed E-state index contributed by atoms with van der Waals surface area (Å²) in [5, 5.41) is 20.2. The molecule has 2 unspecified atom stereocenters. The molecule has 2 aromatic rings. The van der Waals surface area contributed by atoms with E-state index in [4.69, 9.17) is 11.6 Å². The highest BCUT2D eigenvalue weighted by atomic mass is 35.5. The molecule has 4 rings (SSSR count). The summed E-state index contributed by atoms with van der Waals surface area (Å²) in [6, 6.07) is 4.29. The van der Waals surface area contributed by atoms with Crippen LogP contribution in [0.25, 0.3) is 0 Å². The van der Waals surface area contributed by atoms with Crippen LogP contribution in [0, 0.1) is 11.7 Å². The van der Waals surface area contributed by atoms with Gasteiger partial charge >= 0.3 is 0 Å². The van der Waals surface area contributed by atoms with Gasteiger partial charge in [0.05, 0.1) is 16.1 Å². The van der Waals surface area contributed by atoms with E-state index in [1.54, 1.807) is 11.0 Å². The molecule has 1 amide bonds. The van der Waals surface area contributed by atoms with Crippen molar-refractivity contribution in [2.24, 2.45) is 5.92 Å². The zero-order chi connectivity index (χ0) is 23.4. The van der Waals surface area contributed by atoms with Crippen molar-refractivity contribution in [2.45, 2.75) is 51.2 Å². The van der Waals surface area contributed by atoms with Gasteiger partial charge in [-0.25, -0.2) is 4.39 Å². The molecule has 7 nitrogen and oxygen atoms in total. The lowest BCUT2D eigenvalue weighted by atomic mass is 9.99. The number of carbonyl (C=O) groups excluding carboxylic acids is 2. The van der Waals surface area contributed by atoms with Crippen LogP contribution in [0.15, 0.2) is 29.2 Å². The molecule has 0 radical (unpaired) electrons. The first-order chi connectivity index (χ1) is 15.1. The van der Waals surface area contributed by atoms with Gasteiger partial charge in [-0.2, -0.15) is 0 Å². The second-order valence-electron chi connectivity index (χ2n) is 8.79. The third-order valence-corrected chi connectivity index (χ3v) is 6.78. The number of carbonyl (C=O) groups is 2. The summed E-state index contributed by atoms with van der Waals surface area (Å²) in [7, 11) is 0. The minimum Gasteiger partial charge on any atom is -0.503 e. The van der Waals surface area contributed by atoms with Crippen molar-refractivity contribution >= 4 is 23.3 Å². The van der Waals surface area contributed by atoms with E-state index in [1.807, 2.05) is 13.8 Å². The lowest BCUT2D eigenvalue weighted by Crippen LogP contribution is -2.55. The molecule has 1 aromatic heterocycles. The van der Waals surface area contributed by atoms with E-state index in [9.17, 15) is 29.0 Å². The van der Waals surface area contributed by atoms with Gasteiger partial charge in [0, 0.05) is 37.7 Å². The minimum absolute atomic E-state index is 0.0315. The molecule has 2 heterocycles. The SMILES string of the molecule is CC(C)N1C(=O)c2c(O)c(=O)c(C(=O)CCc3cccc(Cl)c3F)cn2CC12CC2CO. The maximum Gasteiger partial charge on any atom is 0.275 e. The van der Waals surface area contributed by atoms with Crippen molar-refractivity contribution in [3.05, 3.63) is 62.3 Å². The third kappa shape index (κ3) is 3.42. The molecule has 1 fully saturated rings. The quantitative estimate of drug-likeness (QED) is 0.643. The molecule has 1 saturated carbocycles. The van der Waals surface area contributed by atoms with Gasteiger partial charge in [0.15, 0.2) is 17.2 Å². The van der Waals surface area contributed by atoms with E-state index >= 15 is 0 Å². The summed E-state index contributed by atoms with van der Waals surface area (Å²) in [5.74, 6) is -2.57. The number of halogens is 2. The summed E-state index contributed by atoms with van der Waals surface area (Å²) in [4.78, 5) is 40.4. The van der Waals surface area contributed by atoms with Gasteiger partial charge in [-0.15, -0.1) is 0 Å². The number of benzene rings is 1. The van der Waals surface area contributed by atoms with Gasteiger partial charge in [-0.3, -0.25) is 14.4 Å². The Hall–Kier alpha value is -2.71. The highest BCUT2D eigenvalue weighted by Gasteiger charge is 2.62. The topological polar surface area (TPSA) is 99.8 Å². The fourth-order valence-electron chi connectivity index (χ4n) is 4.85. The molecule has 1 aliphatic carbocycles. The zero-order valence-electron chi connectivity index (χ0n) is 17.8. The van der Waals surface area contributed by atoms with E-state index in [-0.39, 0.29) is 59.8 Å². The Morgan fingerprint density at radius 2 is 2.06 bits per heavy atom. The minimum atomic E-state index is -0.921. The van der Waals surface area contributed by atoms with Crippen molar-refractivity contribution in [1.82, 2.24) is 9.47 Å². The number of aliphatic hydroxyl groups is 1. The Balaban J connectivity index is 1.68. The summed E-state index contributed by atoms with van der Waals surface area (Å²) < 4.78 is 15.6. The standard InChI is InChI=1S/C23H24ClFN2O5/c1-12(2)27-22(32)19-21(31)20(30)15(9-26(19)11-23(27)8-14(23)10-28)17(29)7-6-13-4-3-5-16(24)18(13)25/h3-5,9,12,14,28,31H,6-8,10-11H2,1-2H3. The molecule has 2 N–H and O–H groups in total. The largest absolute Gasteiger partial charge is 0.503 e. The molecule has 1 aliphatic heterocycles. The molecule has 32 heavy (non-hydrogen) atoms. The second kappa shape index (κ2) is 8.01. The summed E-state index contributed by atoms with van der Waals surface area (Å²) in [6.45, 7) is 3.84. The van der Waals surface area contributed by atoms with Crippen LogP contribution in [0.5, 0.6) is 5.75 Å². The number of hydrogen-bond donors (Lipinski definition) is 2. The van der Waals surface area contributed by atoms with Crippen molar-refractivity contribution in [3.63, 3.8) is 0 Å². The van der Waals surface area contributed by atoms with E-state index < -0.39 is 34.2 Å². The van der Waals surface area contributed by atoms with Crippen LogP contribution in [0.2, 0.25) is 5.02 Å². The second-order valence-corrected chi connectivity index (χ2v) is 9.20. The Kier molecular flexibility index (Phi) is 5.63. The van der Waals surface area contributed by atoms with Gasteiger partial charge < -0.3 is 19.7 Å².